The number of nitrogens with one attached hydrogen (secondary N) is 3. The zero-order chi connectivity index (χ0) is 19.4. The van der Waals surface area contributed by atoms with E-state index in [1.54, 1.807) is 4.68 Å². The van der Waals surface area contributed by atoms with Crippen LogP contribution in [0.5, 0.6) is 0 Å². The number of hydrogen-bond acceptors (Lipinski definition) is 5. The Kier molecular flexibility index (Phi) is 5.80. The number of fused-ring (bicyclic) bond motifs is 1. The van der Waals surface area contributed by atoms with E-state index in [4.69, 9.17) is 0 Å². The summed E-state index contributed by atoms with van der Waals surface area (Å²) in [7, 11) is 0. The van der Waals surface area contributed by atoms with Crippen molar-refractivity contribution in [1.29, 1.82) is 0 Å². The molecule has 1 atom stereocenters. The minimum Gasteiger partial charge on any atom is -0.341 e. The summed E-state index contributed by atoms with van der Waals surface area (Å²) in [5, 5.41) is 4.24. The maximum atomic E-state index is 12.0. The number of aromatic amines is 1. The number of hydrogen-bond donors (Lipinski definition) is 3. The number of carbonyl (C=O) groups is 2. The van der Waals surface area contributed by atoms with Gasteiger partial charge in [-0.05, 0) is 39.0 Å². The first kappa shape index (κ1) is 19.0. The van der Waals surface area contributed by atoms with Crippen molar-refractivity contribution in [3.63, 3.8) is 0 Å². The number of amides is 2. The van der Waals surface area contributed by atoms with Gasteiger partial charge < -0.3 is 4.98 Å². The van der Waals surface area contributed by atoms with Crippen molar-refractivity contribution in [2.45, 2.75) is 32.6 Å². The normalized spacial score (nSPS) is 12.1. The number of thioether (sulfide) groups is 1. The molecule has 0 saturated heterocycles. The predicted octanol–water partition coefficient (Wildman–Crippen LogP) is 2.02. The van der Waals surface area contributed by atoms with E-state index >= 15 is 0 Å². The van der Waals surface area contributed by atoms with Gasteiger partial charge in [0.1, 0.15) is 12.4 Å². The first-order chi connectivity index (χ1) is 12.9. The number of aryl methyl sites for hydroxylation is 2. The SMILES string of the molecule is Cc1cc(C)n(CC(=O)NNC(=O)CS[C@H](C)c2nc3ccccc3[nH]2)n1. The van der Waals surface area contributed by atoms with Crippen LogP contribution in [0.4, 0.5) is 0 Å². The first-order valence-corrected chi connectivity index (χ1v) is 9.62. The number of benzene rings is 1. The van der Waals surface area contributed by atoms with Gasteiger partial charge in [0, 0.05) is 5.69 Å². The molecule has 9 heteroatoms. The van der Waals surface area contributed by atoms with E-state index in [1.165, 1.54) is 11.8 Å². The van der Waals surface area contributed by atoms with Gasteiger partial charge in [0.2, 0.25) is 5.91 Å². The van der Waals surface area contributed by atoms with Crippen LogP contribution in [0.15, 0.2) is 30.3 Å². The average molecular weight is 386 g/mol. The van der Waals surface area contributed by atoms with Crippen molar-refractivity contribution in [2.24, 2.45) is 0 Å². The zero-order valence-corrected chi connectivity index (χ0v) is 16.3. The number of aromatic nitrogens is 4. The largest absolute Gasteiger partial charge is 0.341 e. The topological polar surface area (TPSA) is 105 Å². The van der Waals surface area contributed by atoms with E-state index in [0.717, 1.165) is 28.2 Å². The third-order valence-corrected chi connectivity index (χ3v) is 5.15. The number of rotatable bonds is 6. The molecule has 3 N–H and O–H groups in total. The third kappa shape index (κ3) is 4.88. The molecular weight excluding hydrogens is 364 g/mol. The first-order valence-electron chi connectivity index (χ1n) is 8.57. The molecule has 8 nitrogen and oxygen atoms in total. The fraction of sp³-hybridized carbons (Fsp3) is 0.333. The Morgan fingerprint density at radius 1 is 1.22 bits per heavy atom. The van der Waals surface area contributed by atoms with Gasteiger partial charge in [-0.3, -0.25) is 25.1 Å². The minimum atomic E-state index is -0.329. The van der Waals surface area contributed by atoms with E-state index < -0.39 is 0 Å². The fourth-order valence-corrected chi connectivity index (χ4v) is 3.37. The molecule has 2 heterocycles. The van der Waals surface area contributed by atoms with Crippen molar-refractivity contribution in [3.8, 4) is 0 Å². The lowest BCUT2D eigenvalue weighted by Gasteiger charge is -2.10. The lowest BCUT2D eigenvalue weighted by Crippen LogP contribution is -2.44. The molecule has 3 rings (SSSR count). The van der Waals surface area contributed by atoms with Crippen LogP contribution in [0.1, 0.15) is 29.4 Å². The van der Waals surface area contributed by atoms with E-state index in [9.17, 15) is 9.59 Å². The Hall–Kier alpha value is -2.81. The highest BCUT2D eigenvalue weighted by atomic mass is 32.2. The molecular formula is C18H22N6O2S. The van der Waals surface area contributed by atoms with Crippen LogP contribution in [-0.2, 0) is 16.1 Å². The molecule has 0 radical (unpaired) electrons. The number of hydrazine groups is 1. The molecule has 3 aromatic rings. The Labute approximate surface area is 161 Å². The summed E-state index contributed by atoms with van der Waals surface area (Å²) in [6.07, 6.45) is 0. The molecule has 0 aliphatic carbocycles. The van der Waals surface area contributed by atoms with Crippen LogP contribution in [0.2, 0.25) is 0 Å². The smallest absolute Gasteiger partial charge is 0.260 e. The zero-order valence-electron chi connectivity index (χ0n) is 15.4. The van der Waals surface area contributed by atoms with E-state index in [2.05, 4.69) is 25.9 Å². The Balaban J connectivity index is 1.43. The van der Waals surface area contributed by atoms with Gasteiger partial charge >= 0.3 is 0 Å². The lowest BCUT2D eigenvalue weighted by atomic mass is 10.3. The van der Waals surface area contributed by atoms with Gasteiger partial charge in [-0.25, -0.2) is 4.98 Å². The number of imidazole rings is 1. The van der Waals surface area contributed by atoms with Gasteiger partial charge in [-0.15, -0.1) is 11.8 Å². The van der Waals surface area contributed by atoms with Crippen LogP contribution in [0, 0.1) is 13.8 Å². The van der Waals surface area contributed by atoms with Crippen molar-refractivity contribution in [3.05, 3.63) is 47.5 Å². The molecule has 2 amide bonds. The highest BCUT2D eigenvalue weighted by molar-refractivity contribution is 8.00. The van der Waals surface area contributed by atoms with E-state index in [-0.39, 0.29) is 29.4 Å². The molecule has 0 spiro atoms. The third-order valence-electron chi connectivity index (χ3n) is 4.00. The summed E-state index contributed by atoms with van der Waals surface area (Å²) in [5.74, 6) is 0.426. The van der Waals surface area contributed by atoms with Crippen LogP contribution in [0.3, 0.4) is 0 Å². The van der Waals surface area contributed by atoms with Gasteiger partial charge in [-0.2, -0.15) is 5.10 Å². The molecule has 0 aliphatic heterocycles. The molecule has 27 heavy (non-hydrogen) atoms. The van der Waals surface area contributed by atoms with Crippen LogP contribution < -0.4 is 10.9 Å². The minimum absolute atomic E-state index is 0.0218. The van der Waals surface area contributed by atoms with E-state index in [0.29, 0.717) is 0 Å². The Morgan fingerprint density at radius 3 is 2.67 bits per heavy atom. The average Bonchev–Trinajstić information content (AvgIpc) is 3.20. The van der Waals surface area contributed by atoms with Gasteiger partial charge in [-0.1, -0.05) is 12.1 Å². The number of H-pyrrole nitrogens is 1. The molecule has 0 bridgehead atoms. The number of nitrogens with zero attached hydrogens (tertiary/aromatic N) is 3. The van der Waals surface area contributed by atoms with E-state index in [1.807, 2.05) is 51.1 Å². The molecule has 142 valence electrons. The second-order valence-electron chi connectivity index (χ2n) is 6.27. The summed E-state index contributed by atoms with van der Waals surface area (Å²) in [6.45, 7) is 5.78. The summed E-state index contributed by atoms with van der Waals surface area (Å²) in [6, 6.07) is 9.69. The quantitative estimate of drug-likeness (QED) is 0.562. The number of carbonyl (C=O) groups excluding carboxylic acids is 2. The van der Waals surface area contributed by atoms with Crippen molar-refractivity contribution in [1.82, 2.24) is 30.6 Å². The lowest BCUT2D eigenvalue weighted by molar-refractivity contribution is -0.128. The summed E-state index contributed by atoms with van der Waals surface area (Å²) in [4.78, 5) is 31.7. The van der Waals surface area contributed by atoms with Crippen molar-refractivity contribution in [2.75, 3.05) is 5.75 Å². The Bertz CT molecular complexity index is 931. The summed E-state index contributed by atoms with van der Waals surface area (Å²) < 4.78 is 1.59. The monoisotopic (exact) mass is 386 g/mol. The second kappa shape index (κ2) is 8.26. The molecule has 2 aromatic heterocycles. The van der Waals surface area contributed by atoms with Crippen LogP contribution >= 0.6 is 11.8 Å². The number of para-hydroxylation sites is 2. The standard InChI is InChI=1S/C18H22N6O2S/c1-11-8-12(2)24(23-11)9-16(25)21-22-17(26)10-27-13(3)18-19-14-6-4-5-7-15(14)20-18/h4-8,13H,9-10H2,1-3H3,(H,19,20)(H,21,25)(H,22,26)/t13-/m1/s1. The summed E-state index contributed by atoms with van der Waals surface area (Å²) in [5.41, 5.74) is 8.46. The van der Waals surface area contributed by atoms with Crippen molar-refractivity contribution >= 4 is 34.6 Å². The molecule has 0 unspecified atom stereocenters. The Morgan fingerprint density at radius 2 is 1.96 bits per heavy atom. The van der Waals surface area contributed by atoms with Gasteiger partial charge in [0.05, 0.1) is 27.7 Å². The summed E-state index contributed by atoms with van der Waals surface area (Å²) >= 11 is 1.44. The fourth-order valence-electron chi connectivity index (χ4n) is 2.63. The highest BCUT2D eigenvalue weighted by Crippen LogP contribution is 2.27. The second-order valence-corrected chi connectivity index (χ2v) is 7.60. The maximum absolute atomic E-state index is 12.0. The molecule has 1 aromatic carbocycles. The van der Waals surface area contributed by atoms with Gasteiger partial charge in [0.15, 0.2) is 0 Å². The van der Waals surface area contributed by atoms with Gasteiger partial charge in [0.25, 0.3) is 5.91 Å². The molecule has 0 saturated carbocycles. The van der Waals surface area contributed by atoms with Crippen LogP contribution in [-0.4, -0.2) is 37.3 Å². The van der Waals surface area contributed by atoms with Crippen LogP contribution in [0.25, 0.3) is 11.0 Å². The molecule has 0 aliphatic rings. The van der Waals surface area contributed by atoms with Crippen molar-refractivity contribution < 1.29 is 9.59 Å². The molecule has 0 fully saturated rings. The predicted molar refractivity (Wildman–Crippen MR) is 105 cm³/mol. The highest BCUT2D eigenvalue weighted by Gasteiger charge is 2.14. The maximum Gasteiger partial charge on any atom is 0.260 e.